The summed E-state index contributed by atoms with van der Waals surface area (Å²) in [6, 6.07) is 3.00. The van der Waals surface area contributed by atoms with Crippen molar-refractivity contribution >= 4 is 29.2 Å². The number of aromatic carboxylic acids is 1. The van der Waals surface area contributed by atoms with Crippen molar-refractivity contribution in [2.75, 3.05) is 5.32 Å². The van der Waals surface area contributed by atoms with Crippen molar-refractivity contribution in [1.29, 1.82) is 0 Å². The van der Waals surface area contributed by atoms with E-state index in [-0.39, 0.29) is 17.1 Å². The number of aromatic amines is 2. The summed E-state index contributed by atoms with van der Waals surface area (Å²) in [4.78, 5) is 28.1. The highest BCUT2D eigenvalue weighted by Crippen LogP contribution is 2.18. The summed E-state index contributed by atoms with van der Waals surface area (Å²) < 4.78 is 0. The Hall–Kier alpha value is -2.21. The molecule has 6 nitrogen and oxygen atoms in total. The molecule has 0 unspecified atom stereocenters. The molecule has 0 saturated carbocycles. The van der Waals surface area contributed by atoms with E-state index in [1.807, 2.05) is 0 Å². The average molecular weight is 268 g/mol. The molecule has 2 heterocycles. The van der Waals surface area contributed by atoms with E-state index in [4.69, 9.17) is 16.7 Å². The van der Waals surface area contributed by atoms with E-state index < -0.39 is 11.9 Å². The van der Waals surface area contributed by atoms with Crippen LogP contribution in [-0.4, -0.2) is 27.0 Å². The molecule has 0 aliphatic carbocycles. The zero-order valence-corrected chi connectivity index (χ0v) is 10.1. The van der Waals surface area contributed by atoms with Gasteiger partial charge in [0.15, 0.2) is 0 Å². The first kappa shape index (κ1) is 12.3. The lowest BCUT2D eigenvalue weighted by Gasteiger charge is -2.02. The molecule has 0 fully saturated rings. The summed E-state index contributed by atoms with van der Waals surface area (Å²) in [6.07, 6.45) is 1.47. The lowest BCUT2D eigenvalue weighted by molar-refractivity contribution is 0.0692. The monoisotopic (exact) mass is 267 g/mol. The Kier molecular flexibility index (Phi) is 3.12. The van der Waals surface area contributed by atoms with Crippen molar-refractivity contribution < 1.29 is 14.7 Å². The standard InChI is InChI=1S/C11H10ClN3O3/c1-5-2-7(9(14-5)11(17)18)15-10(16)8-3-6(12)4-13-8/h2-4,13-14H,1H3,(H,15,16)(H,17,18). The number of rotatable bonds is 3. The van der Waals surface area contributed by atoms with Crippen LogP contribution in [0.5, 0.6) is 0 Å². The van der Waals surface area contributed by atoms with Gasteiger partial charge in [0, 0.05) is 11.9 Å². The van der Waals surface area contributed by atoms with Crippen LogP contribution >= 0.6 is 11.6 Å². The van der Waals surface area contributed by atoms with Gasteiger partial charge >= 0.3 is 5.97 Å². The molecule has 0 atom stereocenters. The van der Waals surface area contributed by atoms with Gasteiger partial charge in [-0.1, -0.05) is 11.6 Å². The van der Waals surface area contributed by atoms with Gasteiger partial charge in [-0.3, -0.25) is 4.79 Å². The fourth-order valence-electron chi connectivity index (χ4n) is 1.55. The predicted octanol–water partition coefficient (Wildman–Crippen LogP) is 2.26. The van der Waals surface area contributed by atoms with E-state index in [0.29, 0.717) is 10.7 Å². The van der Waals surface area contributed by atoms with Crippen LogP contribution in [0.25, 0.3) is 0 Å². The topological polar surface area (TPSA) is 98.0 Å². The largest absolute Gasteiger partial charge is 0.477 e. The highest BCUT2D eigenvalue weighted by atomic mass is 35.5. The molecule has 2 aromatic heterocycles. The Balaban J connectivity index is 2.24. The Morgan fingerprint density at radius 3 is 2.67 bits per heavy atom. The molecule has 18 heavy (non-hydrogen) atoms. The number of carboxylic acids is 1. The van der Waals surface area contributed by atoms with Crippen LogP contribution in [0.3, 0.4) is 0 Å². The van der Waals surface area contributed by atoms with Crippen molar-refractivity contribution in [2.45, 2.75) is 6.92 Å². The number of carboxylic acid groups (broad SMARTS) is 1. The van der Waals surface area contributed by atoms with Crippen molar-refractivity contribution in [3.05, 3.63) is 40.4 Å². The first-order valence-corrected chi connectivity index (χ1v) is 5.43. The number of hydrogen-bond acceptors (Lipinski definition) is 2. The Labute approximate surface area is 107 Å². The quantitative estimate of drug-likeness (QED) is 0.686. The second-order valence-corrected chi connectivity index (χ2v) is 4.17. The third-order valence-corrected chi connectivity index (χ3v) is 2.53. The third kappa shape index (κ3) is 2.38. The minimum atomic E-state index is -1.14. The highest BCUT2D eigenvalue weighted by molar-refractivity contribution is 6.31. The molecule has 2 rings (SSSR count). The van der Waals surface area contributed by atoms with Gasteiger partial charge in [-0.2, -0.15) is 0 Å². The molecule has 1 amide bonds. The number of aryl methyl sites for hydroxylation is 1. The van der Waals surface area contributed by atoms with E-state index in [9.17, 15) is 9.59 Å². The average Bonchev–Trinajstić information content (AvgIpc) is 2.85. The Morgan fingerprint density at radius 2 is 2.11 bits per heavy atom. The fourth-order valence-corrected chi connectivity index (χ4v) is 1.71. The second-order valence-electron chi connectivity index (χ2n) is 3.73. The first-order valence-electron chi connectivity index (χ1n) is 5.05. The summed E-state index contributed by atoms with van der Waals surface area (Å²) >= 11 is 5.68. The van der Waals surface area contributed by atoms with Gasteiger partial charge in [-0.15, -0.1) is 0 Å². The van der Waals surface area contributed by atoms with Crippen molar-refractivity contribution in [3.8, 4) is 0 Å². The zero-order valence-electron chi connectivity index (χ0n) is 9.37. The molecule has 0 aromatic carbocycles. The summed E-state index contributed by atoms with van der Waals surface area (Å²) in [7, 11) is 0. The lowest BCUT2D eigenvalue weighted by atomic mass is 10.3. The molecule has 7 heteroatoms. The maximum Gasteiger partial charge on any atom is 0.354 e. The van der Waals surface area contributed by atoms with Crippen LogP contribution in [0.4, 0.5) is 5.69 Å². The predicted molar refractivity (Wildman–Crippen MR) is 66.2 cm³/mol. The molecule has 0 aliphatic heterocycles. The van der Waals surface area contributed by atoms with E-state index in [1.165, 1.54) is 12.3 Å². The molecular formula is C11H10ClN3O3. The molecule has 0 saturated heterocycles. The number of nitrogens with one attached hydrogen (secondary N) is 3. The van der Waals surface area contributed by atoms with Crippen LogP contribution in [0.15, 0.2) is 18.3 Å². The van der Waals surface area contributed by atoms with Crippen LogP contribution in [0.2, 0.25) is 5.02 Å². The molecule has 94 valence electrons. The van der Waals surface area contributed by atoms with Crippen LogP contribution in [0, 0.1) is 6.92 Å². The number of halogens is 1. The highest BCUT2D eigenvalue weighted by Gasteiger charge is 2.16. The van der Waals surface area contributed by atoms with Gasteiger partial charge in [-0.05, 0) is 19.1 Å². The van der Waals surface area contributed by atoms with Gasteiger partial charge in [0.05, 0.1) is 10.7 Å². The lowest BCUT2D eigenvalue weighted by Crippen LogP contribution is -2.14. The summed E-state index contributed by atoms with van der Waals surface area (Å²) in [5.41, 5.74) is 1.07. The number of amides is 1. The van der Waals surface area contributed by atoms with Crippen LogP contribution in [0.1, 0.15) is 26.7 Å². The number of aromatic nitrogens is 2. The minimum Gasteiger partial charge on any atom is -0.477 e. The summed E-state index contributed by atoms with van der Waals surface area (Å²) in [5, 5.41) is 11.9. The van der Waals surface area contributed by atoms with Gasteiger partial charge < -0.3 is 20.4 Å². The minimum absolute atomic E-state index is 0.0569. The van der Waals surface area contributed by atoms with Crippen molar-refractivity contribution in [2.24, 2.45) is 0 Å². The second kappa shape index (κ2) is 4.58. The van der Waals surface area contributed by atoms with E-state index in [2.05, 4.69) is 15.3 Å². The Morgan fingerprint density at radius 1 is 1.39 bits per heavy atom. The van der Waals surface area contributed by atoms with Crippen molar-refractivity contribution in [3.63, 3.8) is 0 Å². The van der Waals surface area contributed by atoms with Gasteiger partial charge in [0.25, 0.3) is 5.91 Å². The molecule has 4 N–H and O–H groups in total. The third-order valence-electron chi connectivity index (χ3n) is 2.31. The molecule has 0 radical (unpaired) electrons. The number of carbonyl (C=O) groups excluding carboxylic acids is 1. The Bertz CT molecular complexity index is 615. The summed E-state index contributed by atoms with van der Waals surface area (Å²) in [5.74, 6) is -1.59. The molecule has 2 aromatic rings. The SMILES string of the molecule is Cc1cc(NC(=O)c2cc(Cl)c[nH]2)c(C(=O)O)[nH]1. The maximum absolute atomic E-state index is 11.8. The maximum atomic E-state index is 11.8. The van der Waals surface area contributed by atoms with Gasteiger partial charge in [0.2, 0.25) is 0 Å². The zero-order chi connectivity index (χ0) is 13.3. The molecule has 0 bridgehead atoms. The first-order chi connectivity index (χ1) is 8.47. The van der Waals surface area contributed by atoms with Gasteiger partial charge in [0.1, 0.15) is 11.4 Å². The molecular weight excluding hydrogens is 258 g/mol. The number of carbonyl (C=O) groups is 2. The fraction of sp³-hybridized carbons (Fsp3) is 0.0909. The van der Waals surface area contributed by atoms with Crippen molar-refractivity contribution in [1.82, 2.24) is 9.97 Å². The normalized spacial score (nSPS) is 10.3. The van der Waals surface area contributed by atoms with E-state index in [0.717, 1.165) is 0 Å². The number of anilines is 1. The number of hydrogen-bond donors (Lipinski definition) is 4. The summed E-state index contributed by atoms with van der Waals surface area (Å²) in [6.45, 7) is 1.70. The smallest absolute Gasteiger partial charge is 0.354 e. The van der Waals surface area contributed by atoms with E-state index in [1.54, 1.807) is 13.0 Å². The van der Waals surface area contributed by atoms with E-state index >= 15 is 0 Å². The van der Waals surface area contributed by atoms with Crippen LogP contribution in [-0.2, 0) is 0 Å². The molecule has 0 aliphatic rings. The van der Waals surface area contributed by atoms with Crippen LogP contribution < -0.4 is 5.32 Å². The molecule has 0 spiro atoms. The van der Waals surface area contributed by atoms with Gasteiger partial charge in [-0.25, -0.2) is 4.79 Å². The number of H-pyrrole nitrogens is 2.